The lowest BCUT2D eigenvalue weighted by molar-refractivity contribution is -0.171. The zero-order chi connectivity index (χ0) is 22.9. The van der Waals surface area contributed by atoms with Crippen LogP contribution in [-0.4, -0.2) is 59.7 Å². The van der Waals surface area contributed by atoms with E-state index in [1.165, 1.54) is 25.7 Å². The molecule has 2 aliphatic heterocycles. The van der Waals surface area contributed by atoms with Crippen LogP contribution in [0, 0.1) is 11.2 Å². The lowest BCUT2D eigenvalue weighted by atomic mass is 9.69. The molecular formula is C25H33FN2O4. The molecule has 0 unspecified atom stereocenters. The number of hydrogen-bond donors (Lipinski definition) is 0. The molecule has 0 aromatic heterocycles. The number of ether oxygens (including phenoxy) is 1. The van der Waals surface area contributed by atoms with Gasteiger partial charge in [-0.15, -0.1) is 0 Å². The fourth-order valence-corrected chi connectivity index (χ4v) is 6.06. The van der Waals surface area contributed by atoms with E-state index in [0.29, 0.717) is 13.0 Å². The van der Waals surface area contributed by atoms with Gasteiger partial charge in [0.25, 0.3) is 0 Å². The Kier molecular flexibility index (Phi) is 6.65. The van der Waals surface area contributed by atoms with Crippen molar-refractivity contribution in [3.05, 3.63) is 35.6 Å². The molecule has 2 heterocycles. The van der Waals surface area contributed by atoms with Crippen molar-refractivity contribution in [2.75, 3.05) is 14.2 Å². The molecule has 3 aliphatic rings. The smallest absolute Gasteiger partial charge is 0.321 e. The van der Waals surface area contributed by atoms with Gasteiger partial charge in [0.05, 0.1) is 13.5 Å². The predicted molar refractivity (Wildman–Crippen MR) is 117 cm³/mol. The number of benzene rings is 1. The Labute approximate surface area is 189 Å². The lowest BCUT2D eigenvalue weighted by Crippen LogP contribution is -2.61. The van der Waals surface area contributed by atoms with Gasteiger partial charge in [-0.05, 0) is 43.4 Å². The minimum atomic E-state index is -1.48. The Bertz CT molecular complexity index is 867. The molecule has 3 atom stereocenters. The first kappa shape index (κ1) is 22.9. The third-order valence-corrected chi connectivity index (χ3v) is 7.90. The number of nitrogens with zero attached hydrogens (tertiary/aromatic N) is 2. The summed E-state index contributed by atoms with van der Waals surface area (Å²) in [5.74, 6) is -1.26. The molecule has 2 bridgehead atoms. The maximum Gasteiger partial charge on any atom is 0.321 e. The summed E-state index contributed by atoms with van der Waals surface area (Å²) in [5.41, 5.74) is -0.566. The van der Waals surface area contributed by atoms with Crippen molar-refractivity contribution < 1.29 is 23.5 Å². The van der Waals surface area contributed by atoms with Crippen LogP contribution in [0.4, 0.5) is 4.39 Å². The Hall–Kier alpha value is -2.28. The maximum atomic E-state index is 13.4. The van der Waals surface area contributed by atoms with Crippen LogP contribution < -0.4 is 0 Å². The van der Waals surface area contributed by atoms with Gasteiger partial charge in [-0.1, -0.05) is 31.4 Å². The van der Waals surface area contributed by atoms with Crippen LogP contribution in [-0.2, 0) is 25.7 Å². The molecule has 1 aromatic carbocycles. The molecule has 2 saturated heterocycles. The number of halogens is 1. The number of carbonyl (C=O) groups excluding carboxylic acids is 3. The van der Waals surface area contributed by atoms with Crippen molar-refractivity contribution in [2.24, 2.45) is 5.41 Å². The molecule has 0 N–H and O–H groups in total. The minimum Gasteiger partial charge on any atom is -0.468 e. The Morgan fingerprint density at radius 1 is 1.12 bits per heavy atom. The summed E-state index contributed by atoms with van der Waals surface area (Å²) >= 11 is 0. The third kappa shape index (κ3) is 4.07. The van der Waals surface area contributed by atoms with Gasteiger partial charge in [0.15, 0.2) is 11.2 Å². The van der Waals surface area contributed by atoms with E-state index in [-0.39, 0.29) is 42.4 Å². The van der Waals surface area contributed by atoms with Crippen LogP contribution in [0.5, 0.6) is 0 Å². The first-order valence-electron chi connectivity index (χ1n) is 11.7. The quantitative estimate of drug-likeness (QED) is 0.497. The second-order valence-electron chi connectivity index (χ2n) is 9.61. The van der Waals surface area contributed by atoms with Crippen LogP contribution >= 0.6 is 0 Å². The summed E-state index contributed by atoms with van der Waals surface area (Å²) in [6, 6.07) is 6.10. The molecule has 1 saturated carbocycles. The van der Waals surface area contributed by atoms with Crippen LogP contribution in [0.3, 0.4) is 0 Å². The van der Waals surface area contributed by atoms with Gasteiger partial charge in [0.2, 0.25) is 5.91 Å². The number of piperidine rings is 1. The van der Waals surface area contributed by atoms with Crippen molar-refractivity contribution in [3.63, 3.8) is 0 Å². The first-order chi connectivity index (χ1) is 15.4. The number of fused-ring (bicyclic) bond motifs is 2. The van der Waals surface area contributed by atoms with Gasteiger partial charge in [0, 0.05) is 38.1 Å². The largest absolute Gasteiger partial charge is 0.468 e. The molecule has 174 valence electrons. The second-order valence-corrected chi connectivity index (χ2v) is 9.61. The van der Waals surface area contributed by atoms with E-state index in [4.69, 9.17) is 4.74 Å². The van der Waals surface area contributed by atoms with E-state index in [2.05, 4.69) is 4.90 Å². The van der Waals surface area contributed by atoms with Crippen molar-refractivity contribution in [1.82, 2.24) is 9.80 Å². The number of Topliss-reactive ketones (excluding diaryl/α,β-unsaturated/α-hetero) is 1. The molecule has 3 fully saturated rings. The monoisotopic (exact) mass is 444 g/mol. The van der Waals surface area contributed by atoms with E-state index in [9.17, 15) is 18.8 Å². The summed E-state index contributed by atoms with van der Waals surface area (Å²) in [6.07, 6.45) is 6.84. The molecular weight excluding hydrogens is 411 g/mol. The highest BCUT2D eigenvalue weighted by Gasteiger charge is 2.62. The van der Waals surface area contributed by atoms with E-state index in [1.54, 1.807) is 24.1 Å². The Balaban J connectivity index is 1.61. The van der Waals surface area contributed by atoms with E-state index < -0.39 is 17.4 Å². The number of amides is 1. The van der Waals surface area contributed by atoms with Gasteiger partial charge >= 0.3 is 5.97 Å². The second kappa shape index (κ2) is 9.30. The molecule has 0 radical (unpaired) electrons. The highest BCUT2D eigenvalue weighted by atomic mass is 19.1. The number of carbonyl (C=O) groups is 3. The van der Waals surface area contributed by atoms with Crippen molar-refractivity contribution in [2.45, 2.75) is 82.5 Å². The van der Waals surface area contributed by atoms with Crippen molar-refractivity contribution in [3.8, 4) is 0 Å². The van der Waals surface area contributed by atoms with Crippen LogP contribution in [0.1, 0.15) is 63.4 Å². The normalized spacial score (nSPS) is 28.5. The molecule has 6 nitrogen and oxygen atoms in total. The fourth-order valence-electron chi connectivity index (χ4n) is 6.06. The summed E-state index contributed by atoms with van der Waals surface area (Å²) in [7, 11) is 3.09. The van der Waals surface area contributed by atoms with Crippen LogP contribution in [0.25, 0.3) is 0 Å². The number of rotatable bonds is 6. The molecule has 4 rings (SSSR count). The number of methoxy groups -OCH3 is 1. The van der Waals surface area contributed by atoms with Crippen molar-refractivity contribution in [1.29, 1.82) is 0 Å². The lowest BCUT2D eigenvalue weighted by Gasteiger charge is -2.46. The number of ketones is 1. The Morgan fingerprint density at radius 3 is 2.47 bits per heavy atom. The van der Waals surface area contributed by atoms with E-state index in [1.807, 2.05) is 0 Å². The predicted octanol–water partition coefficient (Wildman–Crippen LogP) is 3.47. The zero-order valence-corrected chi connectivity index (χ0v) is 19.0. The summed E-state index contributed by atoms with van der Waals surface area (Å²) in [5, 5.41) is 0. The maximum absolute atomic E-state index is 13.4. The third-order valence-electron chi connectivity index (χ3n) is 7.90. The summed E-state index contributed by atoms with van der Waals surface area (Å²) < 4.78 is 18.5. The average Bonchev–Trinajstić information content (AvgIpc) is 3.13. The van der Waals surface area contributed by atoms with E-state index in [0.717, 1.165) is 37.7 Å². The zero-order valence-electron chi connectivity index (χ0n) is 19.0. The molecule has 1 aromatic rings. The van der Waals surface area contributed by atoms with Gasteiger partial charge in [0.1, 0.15) is 5.82 Å². The minimum absolute atomic E-state index is 0.0292. The van der Waals surface area contributed by atoms with Gasteiger partial charge < -0.3 is 9.64 Å². The summed E-state index contributed by atoms with van der Waals surface area (Å²) in [4.78, 5) is 43.9. The van der Waals surface area contributed by atoms with Gasteiger partial charge in [-0.2, -0.15) is 0 Å². The Morgan fingerprint density at radius 2 is 1.81 bits per heavy atom. The first-order valence-corrected chi connectivity index (χ1v) is 11.7. The van der Waals surface area contributed by atoms with Gasteiger partial charge in [-0.25, -0.2) is 4.39 Å². The standard InChI is InChI=1S/C25H33FN2O4/c1-27(19-6-4-3-5-7-19)23(30)15-25(24(31)32-2)21-13-12-20(14-22(25)29)28(21)16-17-8-10-18(26)11-9-17/h8-11,19-21H,3-7,12-16H2,1-2H3/t20-,21+,25+/m1/s1. The van der Waals surface area contributed by atoms with Gasteiger partial charge in [-0.3, -0.25) is 19.3 Å². The summed E-state index contributed by atoms with van der Waals surface area (Å²) in [6.45, 7) is 0.508. The van der Waals surface area contributed by atoms with Crippen molar-refractivity contribution >= 4 is 17.7 Å². The van der Waals surface area contributed by atoms with Crippen LogP contribution in [0.15, 0.2) is 24.3 Å². The topological polar surface area (TPSA) is 66.9 Å². The molecule has 0 spiro atoms. The van der Waals surface area contributed by atoms with Crippen LogP contribution in [0.2, 0.25) is 0 Å². The fraction of sp³-hybridized carbons (Fsp3) is 0.640. The molecule has 7 heteroatoms. The SMILES string of the molecule is COC(=O)[C@]1(CC(=O)N(C)C2CCCCC2)C(=O)C[C@H]2CC[C@@H]1N2Cc1ccc(F)cc1. The van der Waals surface area contributed by atoms with E-state index >= 15 is 0 Å². The number of hydrogen-bond acceptors (Lipinski definition) is 5. The molecule has 1 amide bonds. The molecule has 1 aliphatic carbocycles. The molecule has 32 heavy (non-hydrogen) atoms. The average molecular weight is 445 g/mol. The highest BCUT2D eigenvalue weighted by Crippen LogP contribution is 2.48. The number of esters is 1. The highest BCUT2D eigenvalue weighted by molar-refractivity contribution is 6.08.